The van der Waals surface area contributed by atoms with Crippen molar-refractivity contribution in [3.05, 3.63) is 62.5 Å². The van der Waals surface area contributed by atoms with Crippen molar-refractivity contribution in [1.82, 2.24) is 4.98 Å². The van der Waals surface area contributed by atoms with Gasteiger partial charge in [-0.05, 0) is 34.1 Å². The number of nitrogens with zero attached hydrogens (tertiary/aromatic N) is 2. The van der Waals surface area contributed by atoms with Gasteiger partial charge in [0.15, 0.2) is 0 Å². The number of pyridine rings is 1. The number of benzene rings is 1. The number of nitro benzene ring substituents is 1. The summed E-state index contributed by atoms with van der Waals surface area (Å²) in [6.45, 7) is 0. The van der Waals surface area contributed by atoms with E-state index in [-0.39, 0.29) is 11.4 Å². The Morgan fingerprint density at radius 2 is 2.10 bits per heavy atom. The first-order valence-electron chi connectivity index (χ1n) is 5.34. The molecule has 0 radical (unpaired) electrons. The molecule has 0 spiro atoms. The van der Waals surface area contributed by atoms with Crippen LogP contribution in [0, 0.1) is 15.9 Å². The van der Waals surface area contributed by atoms with E-state index in [1.54, 1.807) is 6.07 Å². The number of amides is 1. The van der Waals surface area contributed by atoms with E-state index in [9.17, 15) is 19.3 Å². The maximum absolute atomic E-state index is 13.6. The lowest BCUT2D eigenvalue weighted by Gasteiger charge is -2.05. The molecule has 0 aliphatic rings. The van der Waals surface area contributed by atoms with E-state index >= 15 is 0 Å². The van der Waals surface area contributed by atoms with Crippen LogP contribution in [0.4, 0.5) is 15.9 Å². The second-order valence-corrected chi connectivity index (χ2v) is 4.65. The molecule has 0 aliphatic carbocycles. The van der Waals surface area contributed by atoms with Gasteiger partial charge in [-0.1, -0.05) is 0 Å². The number of hydrogen-bond donors (Lipinski definition) is 1. The molecule has 0 saturated heterocycles. The standard InChI is InChI=1S/C12H7BrFN3O3/c13-7-1-4-11(15-6-7)16-12(18)9-3-2-8(17(19)20)5-10(9)14/h1-6H,(H,15,16,18). The van der Waals surface area contributed by atoms with Gasteiger partial charge >= 0.3 is 0 Å². The molecule has 1 N–H and O–H groups in total. The second-order valence-electron chi connectivity index (χ2n) is 3.74. The van der Waals surface area contributed by atoms with Crippen molar-refractivity contribution in [3.8, 4) is 0 Å². The van der Waals surface area contributed by atoms with E-state index in [4.69, 9.17) is 0 Å². The van der Waals surface area contributed by atoms with E-state index in [1.807, 2.05) is 0 Å². The van der Waals surface area contributed by atoms with Crippen molar-refractivity contribution >= 4 is 33.3 Å². The molecule has 1 aromatic heterocycles. The lowest BCUT2D eigenvalue weighted by molar-refractivity contribution is -0.385. The maximum atomic E-state index is 13.6. The van der Waals surface area contributed by atoms with Gasteiger partial charge in [-0.15, -0.1) is 0 Å². The number of nitro groups is 1. The third-order valence-electron chi connectivity index (χ3n) is 2.38. The topological polar surface area (TPSA) is 85.1 Å². The van der Waals surface area contributed by atoms with E-state index in [1.165, 1.54) is 12.3 Å². The summed E-state index contributed by atoms with van der Waals surface area (Å²) in [5, 5.41) is 12.9. The van der Waals surface area contributed by atoms with Crippen LogP contribution in [0.1, 0.15) is 10.4 Å². The van der Waals surface area contributed by atoms with Gasteiger partial charge in [-0.3, -0.25) is 14.9 Å². The highest BCUT2D eigenvalue weighted by atomic mass is 79.9. The van der Waals surface area contributed by atoms with E-state index in [0.29, 0.717) is 6.07 Å². The number of carbonyl (C=O) groups is 1. The zero-order chi connectivity index (χ0) is 14.7. The van der Waals surface area contributed by atoms with Crippen molar-refractivity contribution in [2.24, 2.45) is 0 Å². The monoisotopic (exact) mass is 339 g/mol. The molecular formula is C12H7BrFN3O3. The molecule has 0 aliphatic heterocycles. The number of carbonyl (C=O) groups excluding carboxylic acids is 1. The zero-order valence-electron chi connectivity index (χ0n) is 9.84. The fourth-order valence-electron chi connectivity index (χ4n) is 1.44. The first-order chi connectivity index (χ1) is 9.47. The van der Waals surface area contributed by atoms with E-state index in [2.05, 4.69) is 26.2 Å². The molecule has 1 heterocycles. The van der Waals surface area contributed by atoms with Crippen molar-refractivity contribution in [2.75, 3.05) is 5.32 Å². The molecule has 8 heteroatoms. The molecular weight excluding hydrogens is 333 g/mol. The Labute approximate surface area is 120 Å². The van der Waals surface area contributed by atoms with Crippen molar-refractivity contribution in [1.29, 1.82) is 0 Å². The van der Waals surface area contributed by atoms with Crippen LogP contribution in [-0.4, -0.2) is 15.8 Å². The molecule has 1 amide bonds. The van der Waals surface area contributed by atoms with Gasteiger partial charge in [0.25, 0.3) is 11.6 Å². The Kier molecular flexibility index (Phi) is 4.04. The third kappa shape index (κ3) is 3.15. The average molecular weight is 340 g/mol. The molecule has 0 unspecified atom stereocenters. The van der Waals surface area contributed by atoms with Gasteiger partial charge in [-0.2, -0.15) is 0 Å². The minimum atomic E-state index is -0.964. The minimum Gasteiger partial charge on any atom is -0.306 e. The molecule has 20 heavy (non-hydrogen) atoms. The highest BCUT2D eigenvalue weighted by Crippen LogP contribution is 2.18. The van der Waals surface area contributed by atoms with Gasteiger partial charge in [0.1, 0.15) is 11.6 Å². The number of anilines is 1. The van der Waals surface area contributed by atoms with Crippen LogP contribution in [0.2, 0.25) is 0 Å². The van der Waals surface area contributed by atoms with Crippen LogP contribution < -0.4 is 5.32 Å². The fourth-order valence-corrected chi connectivity index (χ4v) is 1.67. The normalized spacial score (nSPS) is 10.1. The van der Waals surface area contributed by atoms with Gasteiger partial charge in [0, 0.05) is 16.7 Å². The van der Waals surface area contributed by atoms with E-state index < -0.39 is 22.3 Å². The van der Waals surface area contributed by atoms with Crippen LogP contribution in [0.5, 0.6) is 0 Å². The number of hydrogen-bond acceptors (Lipinski definition) is 4. The van der Waals surface area contributed by atoms with Crippen LogP contribution >= 0.6 is 15.9 Å². The predicted molar refractivity (Wildman–Crippen MR) is 72.9 cm³/mol. The number of halogens is 2. The predicted octanol–water partition coefficient (Wildman–Crippen LogP) is 3.14. The highest BCUT2D eigenvalue weighted by molar-refractivity contribution is 9.10. The summed E-state index contributed by atoms with van der Waals surface area (Å²) >= 11 is 3.19. The molecule has 0 bridgehead atoms. The molecule has 102 valence electrons. The summed E-state index contributed by atoms with van der Waals surface area (Å²) in [7, 11) is 0. The summed E-state index contributed by atoms with van der Waals surface area (Å²) in [6, 6.07) is 6.01. The summed E-state index contributed by atoms with van der Waals surface area (Å²) in [6.07, 6.45) is 1.47. The Bertz CT molecular complexity index is 676. The minimum absolute atomic E-state index is 0.246. The number of aromatic nitrogens is 1. The smallest absolute Gasteiger partial charge is 0.272 e. The SMILES string of the molecule is O=C(Nc1ccc(Br)cn1)c1ccc([N+](=O)[O-])cc1F. The summed E-state index contributed by atoms with van der Waals surface area (Å²) in [5.41, 5.74) is -0.707. The largest absolute Gasteiger partial charge is 0.306 e. The van der Waals surface area contributed by atoms with Gasteiger partial charge in [0.2, 0.25) is 0 Å². The summed E-state index contributed by atoms with van der Waals surface area (Å²) in [5.74, 6) is -1.45. The van der Waals surface area contributed by atoms with Gasteiger partial charge < -0.3 is 5.32 Å². The van der Waals surface area contributed by atoms with Crippen LogP contribution in [0.25, 0.3) is 0 Å². The zero-order valence-corrected chi connectivity index (χ0v) is 11.4. The van der Waals surface area contributed by atoms with Crippen LogP contribution in [0.15, 0.2) is 41.0 Å². The van der Waals surface area contributed by atoms with Gasteiger partial charge in [0.05, 0.1) is 16.6 Å². The molecule has 0 atom stereocenters. The Morgan fingerprint density at radius 3 is 2.65 bits per heavy atom. The van der Waals surface area contributed by atoms with Crippen LogP contribution in [0.3, 0.4) is 0 Å². The van der Waals surface area contributed by atoms with Gasteiger partial charge in [-0.25, -0.2) is 9.37 Å². The maximum Gasteiger partial charge on any atom is 0.272 e. The quantitative estimate of drug-likeness (QED) is 0.687. The lowest BCUT2D eigenvalue weighted by atomic mass is 10.2. The first kappa shape index (κ1) is 14.1. The molecule has 6 nitrogen and oxygen atoms in total. The van der Waals surface area contributed by atoms with E-state index in [0.717, 1.165) is 16.6 Å². The summed E-state index contributed by atoms with van der Waals surface area (Å²) < 4.78 is 14.4. The van der Waals surface area contributed by atoms with Crippen molar-refractivity contribution < 1.29 is 14.1 Å². The van der Waals surface area contributed by atoms with Crippen LogP contribution in [-0.2, 0) is 0 Å². The fraction of sp³-hybridized carbons (Fsp3) is 0. The molecule has 0 saturated carbocycles. The average Bonchev–Trinajstić information content (AvgIpc) is 2.41. The number of non-ortho nitro benzene ring substituents is 1. The molecule has 2 rings (SSSR count). The van der Waals surface area contributed by atoms with Crippen molar-refractivity contribution in [3.63, 3.8) is 0 Å². The highest BCUT2D eigenvalue weighted by Gasteiger charge is 2.16. The first-order valence-corrected chi connectivity index (χ1v) is 6.13. The Morgan fingerprint density at radius 1 is 1.35 bits per heavy atom. The lowest BCUT2D eigenvalue weighted by Crippen LogP contribution is -2.14. The molecule has 1 aromatic carbocycles. The molecule has 2 aromatic rings. The number of rotatable bonds is 3. The summed E-state index contributed by atoms with van der Waals surface area (Å²) in [4.78, 5) is 25.5. The number of nitrogens with one attached hydrogen (secondary N) is 1. The Balaban J connectivity index is 2.21. The second kappa shape index (κ2) is 5.74. The van der Waals surface area contributed by atoms with Crippen molar-refractivity contribution in [2.45, 2.75) is 0 Å². The Hall–Kier alpha value is -2.35. The molecule has 0 fully saturated rings. The third-order valence-corrected chi connectivity index (χ3v) is 2.85.